The lowest BCUT2D eigenvalue weighted by Gasteiger charge is -2.37. The van der Waals surface area contributed by atoms with Crippen molar-refractivity contribution in [3.8, 4) is 0 Å². The third-order valence-corrected chi connectivity index (χ3v) is 5.62. The Bertz CT molecular complexity index is 854. The molecule has 4 rings (SSSR count). The van der Waals surface area contributed by atoms with Crippen LogP contribution in [-0.2, 0) is 4.79 Å². The molecule has 0 bridgehead atoms. The highest BCUT2D eigenvalue weighted by molar-refractivity contribution is 7.13. The van der Waals surface area contributed by atoms with Crippen LogP contribution in [0.2, 0.25) is 0 Å². The number of aromatic amines is 1. The van der Waals surface area contributed by atoms with E-state index in [1.165, 1.54) is 11.3 Å². The lowest BCUT2D eigenvalue weighted by molar-refractivity contribution is -0.191. The van der Waals surface area contributed by atoms with Gasteiger partial charge in [-0.05, 0) is 30.9 Å². The molecule has 1 amide bonds. The first-order chi connectivity index (χ1) is 11.8. The fraction of sp³-hybridized carbons (Fsp3) is 0.500. The molecule has 0 spiro atoms. The molecule has 11 heteroatoms. The zero-order valence-electron chi connectivity index (χ0n) is 13.0. The van der Waals surface area contributed by atoms with Crippen LogP contribution in [0.5, 0.6) is 0 Å². The van der Waals surface area contributed by atoms with E-state index in [1.807, 2.05) is 5.32 Å². The van der Waals surface area contributed by atoms with Crippen molar-refractivity contribution in [2.75, 3.05) is 0 Å². The van der Waals surface area contributed by atoms with Gasteiger partial charge in [0.1, 0.15) is 10.5 Å². The second kappa shape index (κ2) is 5.35. The van der Waals surface area contributed by atoms with Gasteiger partial charge in [-0.1, -0.05) is 0 Å². The summed E-state index contributed by atoms with van der Waals surface area (Å²) in [5.41, 5.74) is -2.20. The van der Waals surface area contributed by atoms with E-state index in [-0.39, 0.29) is 17.0 Å². The van der Waals surface area contributed by atoms with Crippen molar-refractivity contribution in [1.29, 1.82) is 0 Å². The first kappa shape index (κ1) is 16.2. The van der Waals surface area contributed by atoms with Gasteiger partial charge in [-0.2, -0.15) is 18.4 Å². The number of alkyl halides is 3. The Morgan fingerprint density at radius 3 is 2.72 bits per heavy atom. The van der Waals surface area contributed by atoms with Gasteiger partial charge in [0.05, 0.1) is 5.57 Å². The molecule has 1 saturated carbocycles. The first-order valence-electron chi connectivity index (χ1n) is 7.61. The fourth-order valence-corrected chi connectivity index (χ4v) is 3.91. The number of rotatable bonds is 3. The van der Waals surface area contributed by atoms with E-state index in [2.05, 4.69) is 25.6 Å². The lowest BCUT2D eigenvalue weighted by atomic mass is 9.85. The molecule has 0 radical (unpaired) electrons. The van der Waals surface area contributed by atoms with Crippen LogP contribution in [0.3, 0.4) is 0 Å². The molecule has 2 aromatic heterocycles. The molecule has 0 saturated heterocycles. The minimum atomic E-state index is -4.60. The summed E-state index contributed by atoms with van der Waals surface area (Å²) in [6.45, 7) is 0.966. The number of carbonyl (C=O) groups is 1. The SMILES string of the molecule is CC1(C(F)(F)F)CC(c2ncc(C3CC3)s2)=C(c2nn[nH]n2)C(=O)N1. The van der Waals surface area contributed by atoms with Crippen molar-refractivity contribution in [3.05, 3.63) is 21.9 Å². The predicted molar refractivity (Wildman–Crippen MR) is 82.3 cm³/mol. The number of H-pyrrole nitrogens is 1. The second-order valence-corrected chi connectivity index (χ2v) is 7.45. The van der Waals surface area contributed by atoms with Crippen LogP contribution in [-0.4, -0.2) is 43.2 Å². The fourth-order valence-electron chi connectivity index (χ4n) is 2.78. The van der Waals surface area contributed by atoms with Gasteiger partial charge < -0.3 is 5.32 Å². The Balaban J connectivity index is 1.85. The van der Waals surface area contributed by atoms with Gasteiger partial charge in [-0.3, -0.25) is 4.79 Å². The minimum absolute atomic E-state index is 0.0211. The van der Waals surface area contributed by atoms with Crippen molar-refractivity contribution in [2.45, 2.75) is 43.8 Å². The summed E-state index contributed by atoms with van der Waals surface area (Å²) in [7, 11) is 0. The molecule has 3 heterocycles. The Morgan fingerprint density at radius 1 is 1.36 bits per heavy atom. The van der Waals surface area contributed by atoms with E-state index in [0.29, 0.717) is 10.9 Å². The van der Waals surface area contributed by atoms with Crippen LogP contribution < -0.4 is 5.32 Å². The average Bonchev–Trinajstić information content (AvgIpc) is 3.04. The maximum absolute atomic E-state index is 13.5. The normalized spacial score (nSPS) is 24.6. The number of nitrogens with one attached hydrogen (secondary N) is 2. The summed E-state index contributed by atoms with van der Waals surface area (Å²) < 4.78 is 40.5. The molecule has 1 atom stereocenters. The third kappa shape index (κ3) is 2.71. The van der Waals surface area contributed by atoms with Gasteiger partial charge in [0, 0.05) is 23.1 Å². The number of tetrazole rings is 1. The number of nitrogens with zero attached hydrogens (tertiary/aromatic N) is 4. The van der Waals surface area contributed by atoms with Gasteiger partial charge >= 0.3 is 6.18 Å². The topological polar surface area (TPSA) is 96.4 Å². The summed E-state index contributed by atoms with van der Waals surface area (Å²) in [6, 6.07) is 0. The molecule has 132 valence electrons. The van der Waals surface area contributed by atoms with Crippen LogP contribution in [0.4, 0.5) is 13.2 Å². The van der Waals surface area contributed by atoms with Crippen molar-refractivity contribution in [3.63, 3.8) is 0 Å². The second-order valence-electron chi connectivity index (χ2n) is 6.39. The molecule has 2 aliphatic rings. The molecule has 2 N–H and O–H groups in total. The van der Waals surface area contributed by atoms with Crippen LogP contribution in [0.1, 0.15) is 47.8 Å². The van der Waals surface area contributed by atoms with E-state index in [0.717, 1.165) is 24.6 Å². The highest BCUT2D eigenvalue weighted by atomic mass is 32.1. The molecule has 1 fully saturated rings. The van der Waals surface area contributed by atoms with Crippen LogP contribution in [0.15, 0.2) is 6.20 Å². The van der Waals surface area contributed by atoms with Crippen LogP contribution in [0, 0.1) is 0 Å². The Kier molecular flexibility index (Phi) is 3.46. The van der Waals surface area contributed by atoms with Gasteiger partial charge in [0.2, 0.25) is 5.82 Å². The van der Waals surface area contributed by atoms with E-state index < -0.39 is 24.0 Å². The average molecular weight is 370 g/mol. The largest absolute Gasteiger partial charge is 0.411 e. The van der Waals surface area contributed by atoms with Crippen molar-refractivity contribution < 1.29 is 18.0 Å². The summed E-state index contributed by atoms with van der Waals surface area (Å²) in [5, 5.41) is 15.6. The van der Waals surface area contributed by atoms with Crippen molar-refractivity contribution >= 4 is 28.4 Å². The van der Waals surface area contributed by atoms with Crippen molar-refractivity contribution in [1.82, 2.24) is 30.9 Å². The molecule has 2 aromatic rings. The van der Waals surface area contributed by atoms with E-state index in [9.17, 15) is 18.0 Å². The molecule has 25 heavy (non-hydrogen) atoms. The number of thiazole rings is 1. The summed E-state index contributed by atoms with van der Waals surface area (Å²) >= 11 is 1.32. The van der Waals surface area contributed by atoms with Gasteiger partial charge in [-0.15, -0.1) is 21.5 Å². The molecule has 0 aromatic carbocycles. The highest BCUT2D eigenvalue weighted by Gasteiger charge is 2.55. The maximum Gasteiger partial charge on any atom is 0.411 e. The summed E-state index contributed by atoms with van der Waals surface area (Å²) in [5.74, 6) is -0.502. The molecular formula is C14H13F3N6OS. The zero-order valence-corrected chi connectivity index (χ0v) is 13.8. The molecule has 1 aliphatic carbocycles. The molecule has 1 aliphatic heterocycles. The number of hydrogen-bond donors (Lipinski definition) is 2. The van der Waals surface area contributed by atoms with Gasteiger partial charge in [0.15, 0.2) is 0 Å². The Hall–Kier alpha value is -2.30. The monoisotopic (exact) mass is 370 g/mol. The quantitative estimate of drug-likeness (QED) is 0.864. The van der Waals surface area contributed by atoms with E-state index in [4.69, 9.17) is 0 Å². The Labute approximate surface area is 143 Å². The zero-order chi connectivity index (χ0) is 17.8. The number of hydrogen-bond acceptors (Lipinski definition) is 6. The van der Waals surface area contributed by atoms with Gasteiger partial charge in [0.25, 0.3) is 5.91 Å². The van der Waals surface area contributed by atoms with Crippen molar-refractivity contribution in [2.24, 2.45) is 0 Å². The number of amides is 1. The minimum Gasteiger partial charge on any atom is -0.338 e. The summed E-state index contributed by atoms with van der Waals surface area (Å²) in [6.07, 6.45) is -1.26. The maximum atomic E-state index is 13.5. The van der Waals surface area contributed by atoms with Crippen LogP contribution >= 0.6 is 11.3 Å². The van der Waals surface area contributed by atoms with E-state index in [1.54, 1.807) is 6.20 Å². The van der Waals surface area contributed by atoms with Gasteiger partial charge in [-0.25, -0.2) is 4.98 Å². The molecular weight excluding hydrogens is 357 g/mol. The lowest BCUT2D eigenvalue weighted by Crippen LogP contribution is -2.59. The number of carbonyl (C=O) groups excluding carboxylic acids is 1. The highest BCUT2D eigenvalue weighted by Crippen LogP contribution is 2.47. The first-order valence-corrected chi connectivity index (χ1v) is 8.42. The third-order valence-electron chi connectivity index (χ3n) is 4.40. The Morgan fingerprint density at radius 2 is 2.12 bits per heavy atom. The molecule has 1 unspecified atom stereocenters. The predicted octanol–water partition coefficient (Wildman–Crippen LogP) is 2.29. The number of halogens is 3. The standard InChI is InChI=1S/C14H13F3N6OS/c1-13(14(15,16)17)4-7(12-18-5-8(25-12)6-2-3-6)9(11(24)19-13)10-20-22-23-21-10/h5-6H,2-4H2,1H3,(H,19,24)(H,20,21,22,23). The van der Waals surface area contributed by atoms with Crippen LogP contribution in [0.25, 0.3) is 11.1 Å². The summed E-state index contributed by atoms with van der Waals surface area (Å²) in [4.78, 5) is 17.8. The number of aromatic nitrogens is 5. The smallest absolute Gasteiger partial charge is 0.338 e. The van der Waals surface area contributed by atoms with E-state index >= 15 is 0 Å². The molecule has 7 nitrogen and oxygen atoms in total.